The van der Waals surface area contributed by atoms with E-state index >= 15 is 0 Å². The maximum atomic E-state index is 9.47. The number of benzene rings is 9. The standard InChI is InChI=1S/C64H47N3/c1-5-19-43(20-6-1)60-65-61(67-62(66-60)49-34-36-55-53-30-12-14-32-57(53)64(59(55)42-49,50-25-7-2-8-26-50)51-27-9-3-10-28-51)48-24-18-23-46(40-48)44-21-17-22-45(39-44)47-33-35-54-52-29-11-13-31-56(52)63(58(54)41-47)37-15-4-16-38-63/h1-3,5-14,17-36,39-42H,4,15-16,37-38H2/i37D2,38D2. The monoisotopic (exact) mass is 861 g/mol. The Morgan fingerprint density at radius 2 is 0.701 bits per heavy atom. The largest absolute Gasteiger partial charge is 0.208 e. The summed E-state index contributed by atoms with van der Waals surface area (Å²) in [5.74, 6) is 1.73. The topological polar surface area (TPSA) is 38.7 Å². The van der Waals surface area contributed by atoms with Gasteiger partial charge < -0.3 is 0 Å². The Labute approximate surface area is 398 Å². The molecule has 3 heteroatoms. The van der Waals surface area contributed by atoms with Crippen LogP contribution in [-0.2, 0) is 10.8 Å². The van der Waals surface area contributed by atoms with E-state index in [4.69, 9.17) is 15.0 Å². The molecule has 0 unspecified atom stereocenters. The predicted molar refractivity (Wildman–Crippen MR) is 274 cm³/mol. The zero-order valence-corrected chi connectivity index (χ0v) is 36.8. The van der Waals surface area contributed by atoms with Crippen molar-refractivity contribution in [3.8, 4) is 78.7 Å². The normalized spacial score (nSPS) is 17.2. The van der Waals surface area contributed by atoms with Gasteiger partial charge in [-0.05, 0) is 115 Å². The summed E-state index contributed by atoms with van der Waals surface area (Å²) in [6.07, 6.45) is -2.46. The number of nitrogens with zero attached hydrogens (tertiary/aromatic N) is 3. The van der Waals surface area contributed by atoms with Gasteiger partial charge in [-0.1, -0.05) is 219 Å². The molecule has 1 saturated carbocycles. The van der Waals surface area contributed by atoms with Crippen molar-refractivity contribution < 1.29 is 5.48 Å². The molecule has 9 aromatic carbocycles. The fourth-order valence-electron chi connectivity index (χ4n) is 11.2. The third kappa shape index (κ3) is 6.29. The average molecular weight is 862 g/mol. The first kappa shape index (κ1) is 35.3. The molecule has 0 aliphatic heterocycles. The minimum Gasteiger partial charge on any atom is -0.208 e. The summed E-state index contributed by atoms with van der Waals surface area (Å²) >= 11 is 0. The molecule has 1 fully saturated rings. The highest BCUT2D eigenvalue weighted by atomic mass is 15.0. The Kier molecular flexibility index (Phi) is 8.35. The van der Waals surface area contributed by atoms with Crippen molar-refractivity contribution in [1.82, 2.24) is 15.0 Å². The molecule has 3 nitrogen and oxygen atoms in total. The summed E-state index contributed by atoms with van der Waals surface area (Å²) in [5.41, 5.74) is 15.0. The molecule has 0 bridgehead atoms. The van der Waals surface area contributed by atoms with Gasteiger partial charge in [-0.15, -0.1) is 0 Å². The minimum atomic E-state index is -1.78. The van der Waals surface area contributed by atoms with E-state index in [-0.39, 0.29) is 0 Å². The molecule has 3 aliphatic carbocycles. The first-order chi connectivity index (χ1) is 34.7. The summed E-state index contributed by atoms with van der Waals surface area (Å²) in [4.78, 5) is 15.7. The number of hydrogen-bond donors (Lipinski definition) is 0. The van der Waals surface area contributed by atoms with Crippen molar-refractivity contribution in [2.24, 2.45) is 0 Å². The molecule has 1 heterocycles. The molecule has 0 radical (unpaired) electrons. The molecule has 0 N–H and O–H groups in total. The zero-order chi connectivity index (χ0) is 48.0. The molecule has 13 rings (SSSR count). The number of aromatic nitrogens is 3. The lowest BCUT2D eigenvalue weighted by Crippen LogP contribution is -2.28. The molecule has 1 spiro atoms. The quantitative estimate of drug-likeness (QED) is 0.160. The van der Waals surface area contributed by atoms with Gasteiger partial charge in [0.05, 0.1) is 5.41 Å². The third-order valence-corrected chi connectivity index (χ3v) is 14.2. The SMILES string of the molecule is [2H]C1([2H])CCCC([2H])([2H])C12c1ccccc1-c1ccc(-c3cccc(-c4cccc(-c5nc(-c6ccccc6)nc(-c6ccc7c(c6)C(c6ccccc6)(c6ccccc6)c6ccccc6-7)n5)c4)c3)cc12. The predicted octanol–water partition coefficient (Wildman–Crippen LogP) is 15.8. The van der Waals surface area contributed by atoms with Crippen LogP contribution in [0.25, 0.3) is 78.7 Å². The van der Waals surface area contributed by atoms with Crippen LogP contribution in [0.3, 0.4) is 0 Å². The Balaban J connectivity index is 0.924. The van der Waals surface area contributed by atoms with Crippen molar-refractivity contribution in [2.75, 3.05) is 0 Å². The molecular formula is C64H47N3. The second-order valence-electron chi connectivity index (χ2n) is 17.9. The van der Waals surface area contributed by atoms with Crippen LogP contribution in [0.5, 0.6) is 0 Å². The van der Waals surface area contributed by atoms with E-state index in [1.807, 2.05) is 60.7 Å². The summed E-state index contributed by atoms with van der Waals surface area (Å²) in [5, 5.41) is 0. The van der Waals surface area contributed by atoms with Crippen LogP contribution in [0.2, 0.25) is 0 Å². The lowest BCUT2D eigenvalue weighted by Gasteiger charge is -2.36. The molecule has 1 aromatic heterocycles. The van der Waals surface area contributed by atoms with Gasteiger partial charge in [0.25, 0.3) is 0 Å². The van der Waals surface area contributed by atoms with Gasteiger partial charge in [-0.2, -0.15) is 0 Å². The fraction of sp³-hybridized carbons (Fsp3) is 0.109. The van der Waals surface area contributed by atoms with Gasteiger partial charge in [0.2, 0.25) is 0 Å². The summed E-state index contributed by atoms with van der Waals surface area (Å²) < 4.78 is 37.9. The van der Waals surface area contributed by atoms with Crippen LogP contribution in [0.4, 0.5) is 0 Å². The third-order valence-electron chi connectivity index (χ3n) is 14.2. The highest BCUT2D eigenvalue weighted by molar-refractivity contribution is 5.89. The number of hydrogen-bond acceptors (Lipinski definition) is 3. The van der Waals surface area contributed by atoms with Crippen LogP contribution in [0.15, 0.2) is 224 Å². The van der Waals surface area contributed by atoms with Crippen LogP contribution in [-0.4, -0.2) is 15.0 Å². The van der Waals surface area contributed by atoms with E-state index in [1.165, 1.54) is 33.4 Å². The average Bonchev–Trinajstić information content (AvgIpc) is 3.90. The number of rotatable bonds is 7. The first-order valence-corrected chi connectivity index (χ1v) is 23.3. The van der Waals surface area contributed by atoms with Gasteiger partial charge >= 0.3 is 0 Å². The molecule has 3 aliphatic rings. The maximum absolute atomic E-state index is 9.47. The van der Waals surface area contributed by atoms with E-state index in [0.29, 0.717) is 36.7 Å². The van der Waals surface area contributed by atoms with Crippen LogP contribution < -0.4 is 0 Å². The van der Waals surface area contributed by atoms with Gasteiger partial charge in [0.1, 0.15) is 0 Å². The van der Waals surface area contributed by atoms with Gasteiger partial charge in [-0.3, -0.25) is 0 Å². The molecule has 0 saturated heterocycles. The van der Waals surface area contributed by atoms with Gasteiger partial charge in [-0.25, -0.2) is 15.0 Å². The lowest BCUT2D eigenvalue weighted by atomic mass is 9.67. The first-order valence-electron chi connectivity index (χ1n) is 25.3. The summed E-state index contributed by atoms with van der Waals surface area (Å²) in [6, 6.07) is 78.0. The van der Waals surface area contributed by atoms with E-state index < -0.39 is 23.6 Å². The van der Waals surface area contributed by atoms with Crippen LogP contribution >= 0.6 is 0 Å². The van der Waals surface area contributed by atoms with E-state index in [0.717, 1.165) is 61.2 Å². The fourth-order valence-corrected chi connectivity index (χ4v) is 11.2. The molecular weight excluding hydrogens is 811 g/mol. The van der Waals surface area contributed by atoms with Gasteiger partial charge in [0, 0.05) is 27.6 Å². The minimum absolute atomic E-state index is 0.303. The van der Waals surface area contributed by atoms with Crippen molar-refractivity contribution in [1.29, 1.82) is 0 Å². The Morgan fingerprint density at radius 1 is 0.299 bits per heavy atom. The zero-order valence-electron chi connectivity index (χ0n) is 40.8. The second-order valence-corrected chi connectivity index (χ2v) is 17.9. The summed E-state index contributed by atoms with van der Waals surface area (Å²) in [7, 11) is 0. The maximum Gasteiger partial charge on any atom is 0.164 e. The Hall–Kier alpha value is -8.01. The van der Waals surface area contributed by atoms with Gasteiger partial charge in [0.15, 0.2) is 17.5 Å². The number of fused-ring (bicyclic) bond motifs is 8. The lowest BCUT2D eigenvalue weighted by molar-refractivity contribution is 0.353. The van der Waals surface area contributed by atoms with Crippen LogP contribution in [0.1, 0.15) is 70.9 Å². The van der Waals surface area contributed by atoms with Crippen molar-refractivity contribution in [3.05, 3.63) is 258 Å². The molecule has 67 heavy (non-hydrogen) atoms. The molecule has 318 valence electrons. The summed E-state index contributed by atoms with van der Waals surface area (Å²) in [6.45, 7) is 0. The van der Waals surface area contributed by atoms with E-state index in [9.17, 15) is 5.48 Å². The Morgan fingerprint density at radius 3 is 1.33 bits per heavy atom. The highest BCUT2D eigenvalue weighted by Gasteiger charge is 2.46. The second kappa shape index (κ2) is 15.9. The van der Waals surface area contributed by atoms with E-state index in [1.54, 1.807) is 0 Å². The van der Waals surface area contributed by atoms with Crippen molar-refractivity contribution in [2.45, 2.75) is 42.8 Å². The van der Waals surface area contributed by atoms with Crippen LogP contribution in [0, 0.1) is 0 Å². The van der Waals surface area contributed by atoms with Crippen molar-refractivity contribution >= 4 is 0 Å². The molecule has 10 aromatic rings. The van der Waals surface area contributed by atoms with Crippen molar-refractivity contribution in [3.63, 3.8) is 0 Å². The molecule has 0 amide bonds. The smallest absolute Gasteiger partial charge is 0.164 e. The highest BCUT2D eigenvalue weighted by Crippen LogP contribution is 2.58. The Bertz CT molecular complexity index is 3650. The molecule has 0 atom stereocenters. The van der Waals surface area contributed by atoms with E-state index in [2.05, 4.69) is 164 Å².